The minimum atomic E-state index is -0.551. The number of nitrogens with zero attached hydrogens (tertiary/aromatic N) is 3. The largest absolute Gasteiger partial charge is 0.364 e. The Balaban J connectivity index is 2.48. The molecule has 0 atom stereocenters. The van der Waals surface area contributed by atoms with Crippen LogP contribution in [0.3, 0.4) is 0 Å². The lowest BCUT2D eigenvalue weighted by atomic mass is 10.2. The highest BCUT2D eigenvalue weighted by Crippen LogP contribution is 2.18. The van der Waals surface area contributed by atoms with Gasteiger partial charge in [0, 0.05) is 6.21 Å². The number of primary amides is 1. The third-order valence-electron chi connectivity index (χ3n) is 1.80. The van der Waals surface area contributed by atoms with E-state index < -0.39 is 5.91 Å². The summed E-state index contributed by atoms with van der Waals surface area (Å²) in [6.07, 6.45) is 4.75. The third-order valence-corrected chi connectivity index (χ3v) is 1.80. The molecule has 0 fully saturated rings. The van der Waals surface area contributed by atoms with Crippen molar-refractivity contribution >= 4 is 17.9 Å². The van der Waals surface area contributed by atoms with E-state index in [0.717, 1.165) is 18.5 Å². The molecule has 1 aliphatic rings. The molecular formula is C8H8N4O. The smallest absolute Gasteiger partial charge is 0.268 e. The molecule has 2 rings (SSSR count). The van der Waals surface area contributed by atoms with Crippen LogP contribution in [0.4, 0.5) is 5.82 Å². The lowest BCUT2D eigenvalue weighted by Crippen LogP contribution is -2.15. The predicted molar refractivity (Wildman–Crippen MR) is 47.0 cm³/mol. The monoisotopic (exact) mass is 176 g/mol. The number of rotatable bonds is 1. The minimum absolute atomic E-state index is 0.204. The van der Waals surface area contributed by atoms with Gasteiger partial charge in [-0.15, -0.1) is 0 Å². The number of aryl methyl sites for hydroxylation is 1. The Kier molecular flexibility index (Phi) is 1.77. The van der Waals surface area contributed by atoms with Gasteiger partial charge in [0.05, 0.1) is 11.9 Å². The predicted octanol–water partition coefficient (Wildman–Crippen LogP) is 0.224. The zero-order valence-corrected chi connectivity index (χ0v) is 6.90. The SMILES string of the molecule is NC(=O)c1cnc2c(n1)CCC=N2. The van der Waals surface area contributed by atoms with Gasteiger partial charge in [0.15, 0.2) is 5.82 Å². The van der Waals surface area contributed by atoms with Crippen LogP contribution in [0.5, 0.6) is 0 Å². The van der Waals surface area contributed by atoms with Crippen LogP contribution in [-0.2, 0) is 6.42 Å². The molecule has 5 heteroatoms. The highest BCUT2D eigenvalue weighted by Gasteiger charge is 2.11. The van der Waals surface area contributed by atoms with Crippen molar-refractivity contribution in [1.82, 2.24) is 9.97 Å². The third kappa shape index (κ3) is 1.40. The van der Waals surface area contributed by atoms with Crippen LogP contribution >= 0.6 is 0 Å². The van der Waals surface area contributed by atoms with Gasteiger partial charge in [-0.05, 0) is 12.8 Å². The van der Waals surface area contributed by atoms with E-state index in [-0.39, 0.29) is 5.69 Å². The van der Waals surface area contributed by atoms with E-state index >= 15 is 0 Å². The molecule has 0 saturated carbocycles. The first-order valence-corrected chi connectivity index (χ1v) is 3.95. The molecule has 0 spiro atoms. The van der Waals surface area contributed by atoms with Gasteiger partial charge in [-0.3, -0.25) is 4.79 Å². The molecule has 1 aromatic rings. The minimum Gasteiger partial charge on any atom is -0.364 e. The Morgan fingerprint density at radius 1 is 1.54 bits per heavy atom. The molecule has 1 amide bonds. The summed E-state index contributed by atoms with van der Waals surface area (Å²) >= 11 is 0. The summed E-state index contributed by atoms with van der Waals surface area (Å²) in [5.74, 6) is 0.0427. The molecule has 66 valence electrons. The molecule has 0 bridgehead atoms. The maximum atomic E-state index is 10.8. The van der Waals surface area contributed by atoms with Crippen molar-refractivity contribution in [2.24, 2.45) is 10.7 Å². The molecular weight excluding hydrogens is 168 g/mol. The molecule has 13 heavy (non-hydrogen) atoms. The average molecular weight is 176 g/mol. The van der Waals surface area contributed by atoms with Crippen molar-refractivity contribution in [3.05, 3.63) is 17.6 Å². The lowest BCUT2D eigenvalue weighted by Gasteiger charge is -2.07. The number of fused-ring (bicyclic) bond motifs is 1. The first kappa shape index (κ1) is 7.85. The maximum absolute atomic E-state index is 10.8. The van der Waals surface area contributed by atoms with Crippen molar-refractivity contribution in [3.63, 3.8) is 0 Å². The van der Waals surface area contributed by atoms with Gasteiger partial charge in [-0.2, -0.15) is 0 Å². The van der Waals surface area contributed by atoms with Crippen molar-refractivity contribution in [1.29, 1.82) is 0 Å². The first-order chi connectivity index (χ1) is 6.27. The number of hydrogen-bond acceptors (Lipinski definition) is 4. The van der Waals surface area contributed by atoms with Gasteiger partial charge < -0.3 is 5.73 Å². The van der Waals surface area contributed by atoms with E-state index in [9.17, 15) is 4.79 Å². The summed E-state index contributed by atoms with van der Waals surface area (Å²) in [6.45, 7) is 0. The number of nitrogens with two attached hydrogens (primary N) is 1. The molecule has 0 saturated heterocycles. The lowest BCUT2D eigenvalue weighted by molar-refractivity contribution is 0.0995. The summed E-state index contributed by atoms with van der Waals surface area (Å²) in [6, 6.07) is 0. The van der Waals surface area contributed by atoms with Crippen LogP contribution in [0.25, 0.3) is 0 Å². The molecule has 0 aromatic carbocycles. The summed E-state index contributed by atoms with van der Waals surface area (Å²) in [7, 11) is 0. The molecule has 0 radical (unpaired) electrons. The first-order valence-electron chi connectivity index (χ1n) is 3.95. The number of carbonyl (C=O) groups is 1. The Labute approximate surface area is 74.7 Å². The van der Waals surface area contributed by atoms with Gasteiger partial charge in [0.25, 0.3) is 5.91 Å². The van der Waals surface area contributed by atoms with Gasteiger partial charge in [-0.25, -0.2) is 15.0 Å². The number of aromatic nitrogens is 2. The van der Waals surface area contributed by atoms with Crippen LogP contribution in [0.2, 0.25) is 0 Å². The fourth-order valence-corrected chi connectivity index (χ4v) is 1.17. The van der Waals surface area contributed by atoms with E-state index in [1.165, 1.54) is 6.20 Å². The Morgan fingerprint density at radius 2 is 2.38 bits per heavy atom. The van der Waals surface area contributed by atoms with Crippen LogP contribution in [0, 0.1) is 0 Å². The number of carbonyl (C=O) groups excluding carboxylic acids is 1. The van der Waals surface area contributed by atoms with E-state index in [1.54, 1.807) is 6.21 Å². The van der Waals surface area contributed by atoms with Crippen LogP contribution in [0.15, 0.2) is 11.2 Å². The summed E-state index contributed by atoms with van der Waals surface area (Å²) in [4.78, 5) is 22.9. The molecule has 1 aromatic heterocycles. The maximum Gasteiger partial charge on any atom is 0.268 e. The molecule has 2 N–H and O–H groups in total. The molecule has 2 heterocycles. The fourth-order valence-electron chi connectivity index (χ4n) is 1.17. The summed E-state index contributed by atoms with van der Waals surface area (Å²) in [5, 5.41) is 0. The zero-order chi connectivity index (χ0) is 9.26. The second kappa shape index (κ2) is 2.93. The highest BCUT2D eigenvalue weighted by molar-refractivity contribution is 5.90. The van der Waals surface area contributed by atoms with Crippen molar-refractivity contribution in [2.75, 3.05) is 0 Å². The van der Waals surface area contributed by atoms with Crippen molar-refractivity contribution in [3.8, 4) is 0 Å². The van der Waals surface area contributed by atoms with Crippen LogP contribution < -0.4 is 5.73 Å². The quantitative estimate of drug-likeness (QED) is 0.664. The van der Waals surface area contributed by atoms with Crippen LogP contribution in [0.1, 0.15) is 22.6 Å². The van der Waals surface area contributed by atoms with E-state index in [0.29, 0.717) is 5.82 Å². The average Bonchev–Trinajstić information content (AvgIpc) is 2.17. The standard InChI is InChI=1S/C8H8N4O/c9-7(13)6-4-11-8-5(12-6)2-1-3-10-8/h3-4H,1-2H2,(H2,9,13). The van der Waals surface area contributed by atoms with Crippen molar-refractivity contribution in [2.45, 2.75) is 12.8 Å². The summed E-state index contributed by atoms with van der Waals surface area (Å²) in [5.41, 5.74) is 6.02. The van der Waals surface area contributed by atoms with Crippen molar-refractivity contribution < 1.29 is 4.79 Å². The van der Waals surface area contributed by atoms with Gasteiger partial charge >= 0.3 is 0 Å². The zero-order valence-electron chi connectivity index (χ0n) is 6.90. The van der Waals surface area contributed by atoms with Gasteiger partial charge in [-0.1, -0.05) is 0 Å². The second-order valence-electron chi connectivity index (χ2n) is 2.74. The second-order valence-corrected chi connectivity index (χ2v) is 2.74. The molecule has 0 aliphatic carbocycles. The molecule has 5 nitrogen and oxygen atoms in total. The van der Waals surface area contributed by atoms with E-state index in [4.69, 9.17) is 5.73 Å². The topological polar surface area (TPSA) is 81.2 Å². The fraction of sp³-hybridized carbons (Fsp3) is 0.250. The Hall–Kier alpha value is -1.78. The van der Waals surface area contributed by atoms with Crippen LogP contribution in [-0.4, -0.2) is 22.1 Å². The Morgan fingerprint density at radius 3 is 3.15 bits per heavy atom. The number of aliphatic imine (C=N–C) groups is 1. The summed E-state index contributed by atoms with van der Waals surface area (Å²) < 4.78 is 0. The highest BCUT2D eigenvalue weighted by atomic mass is 16.1. The Bertz CT molecular complexity index is 386. The molecule has 0 unspecified atom stereocenters. The molecule has 1 aliphatic heterocycles. The van der Waals surface area contributed by atoms with Gasteiger partial charge in [0.1, 0.15) is 5.69 Å². The number of amides is 1. The normalized spacial score (nSPS) is 13.8. The van der Waals surface area contributed by atoms with Gasteiger partial charge in [0.2, 0.25) is 0 Å². The van der Waals surface area contributed by atoms with E-state index in [1.807, 2.05) is 0 Å². The number of hydrogen-bond donors (Lipinski definition) is 1. The van der Waals surface area contributed by atoms with E-state index in [2.05, 4.69) is 15.0 Å².